The van der Waals surface area contributed by atoms with Crippen molar-refractivity contribution >= 4 is 16.8 Å². The molecule has 2 aromatic heterocycles. The van der Waals surface area contributed by atoms with E-state index in [9.17, 15) is 4.79 Å². The molecular weight excluding hydrogens is 270 g/mol. The maximum Gasteiger partial charge on any atom is 0.420 e. The van der Waals surface area contributed by atoms with Crippen LogP contribution in [0.25, 0.3) is 11.1 Å². The summed E-state index contributed by atoms with van der Waals surface area (Å²) < 4.78 is 8.57. The van der Waals surface area contributed by atoms with E-state index < -0.39 is 5.76 Å². The van der Waals surface area contributed by atoms with Crippen LogP contribution in [0.2, 0.25) is 0 Å². The molecule has 0 bridgehead atoms. The van der Waals surface area contributed by atoms with E-state index in [-0.39, 0.29) is 0 Å². The summed E-state index contributed by atoms with van der Waals surface area (Å²) in [6.07, 6.45) is 1.50. The van der Waals surface area contributed by atoms with Gasteiger partial charge >= 0.3 is 5.76 Å². The lowest BCUT2D eigenvalue weighted by Crippen LogP contribution is -2.19. The lowest BCUT2D eigenvalue weighted by atomic mass is 10.2. The van der Waals surface area contributed by atoms with Gasteiger partial charge in [0.1, 0.15) is 12.2 Å². The zero-order chi connectivity index (χ0) is 15.0. The Labute approximate surface area is 121 Å². The number of hydrogen-bond acceptors (Lipinski definition) is 5. The number of benzene rings is 1. The van der Waals surface area contributed by atoms with Gasteiger partial charge in [0, 0.05) is 18.3 Å². The van der Waals surface area contributed by atoms with Crippen molar-refractivity contribution in [3.05, 3.63) is 40.9 Å². The molecule has 0 amide bonds. The van der Waals surface area contributed by atoms with Gasteiger partial charge < -0.3 is 10.2 Å². The number of oxazole rings is 1. The number of nitrogens with zero attached hydrogens (tertiary/aromatic N) is 4. The molecule has 0 unspecified atom stereocenters. The van der Waals surface area contributed by atoms with Crippen molar-refractivity contribution in [2.45, 2.75) is 26.9 Å². The minimum absolute atomic E-state index is 0.322. The molecule has 0 atom stereocenters. The largest absolute Gasteiger partial charge is 0.420 e. The summed E-state index contributed by atoms with van der Waals surface area (Å²) in [5.41, 5.74) is 7.45. The van der Waals surface area contributed by atoms with Gasteiger partial charge in [-0.25, -0.2) is 14.5 Å². The van der Waals surface area contributed by atoms with E-state index in [1.807, 2.05) is 4.68 Å². The molecule has 110 valence electrons. The van der Waals surface area contributed by atoms with Crippen LogP contribution in [-0.2, 0) is 13.1 Å². The fraction of sp³-hybridized carbons (Fsp3) is 0.357. The third-order valence-corrected chi connectivity index (χ3v) is 3.23. The second-order valence-electron chi connectivity index (χ2n) is 5.43. The highest BCUT2D eigenvalue weighted by Gasteiger charge is 2.13. The summed E-state index contributed by atoms with van der Waals surface area (Å²) >= 11 is 0. The smallest absolute Gasteiger partial charge is 0.408 e. The van der Waals surface area contributed by atoms with Crippen LogP contribution in [0, 0.1) is 5.92 Å². The second kappa shape index (κ2) is 5.08. The minimum atomic E-state index is -0.422. The van der Waals surface area contributed by atoms with Gasteiger partial charge in [0.2, 0.25) is 0 Å². The highest BCUT2D eigenvalue weighted by Crippen LogP contribution is 2.17. The Hall–Kier alpha value is -2.57. The molecule has 0 aliphatic carbocycles. The topological polar surface area (TPSA) is 91.9 Å². The number of nitrogen functional groups attached to an aromatic ring is 1. The first-order valence-corrected chi connectivity index (χ1v) is 6.80. The molecule has 2 N–H and O–H groups in total. The summed E-state index contributed by atoms with van der Waals surface area (Å²) in [6.45, 7) is 5.29. The van der Waals surface area contributed by atoms with Gasteiger partial charge in [-0.3, -0.25) is 4.57 Å². The average molecular weight is 287 g/mol. The van der Waals surface area contributed by atoms with Crippen LogP contribution in [0.4, 0.5) is 5.69 Å². The third kappa shape index (κ3) is 2.54. The Balaban J connectivity index is 2.01. The molecular formula is C14H17N5O2. The zero-order valence-electron chi connectivity index (χ0n) is 12.0. The Kier molecular flexibility index (Phi) is 3.25. The molecule has 2 heterocycles. The predicted octanol–water partition coefficient (Wildman–Crippen LogP) is 1.47. The number of hydrogen-bond donors (Lipinski definition) is 1. The van der Waals surface area contributed by atoms with Crippen LogP contribution >= 0.6 is 0 Å². The third-order valence-electron chi connectivity index (χ3n) is 3.23. The van der Waals surface area contributed by atoms with Crippen molar-refractivity contribution in [3.8, 4) is 0 Å². The molecule has 7 nitrogen and oxygen atoms in total. The standard InChI is InChI=1S/C14H17N5O2/c1-9(2)6-19-13(16-8-17-19)7-18-11-4-3-10(15)5-12(11)21-14(18)20/h3-5,8-9H,6-7,15H2,1-2H3. The fourth-order valence-corrected chi connectivity index (χ4v) is 2.28. The summed E-state index contributed by atoms with van der Waals surface area (Å²) in [5, 5.41) is 4.20. The van der Waals surface area contributed by atoms with Crippen LogP contribution in [-0.4, -0.2) is 19.3 Å². The molecule has 7 heteroatoms. The maximum absolute atomic E-state index is 12.0. The van der Waals surface area contributed by atoms with E-state index >= 15 is 0 Å². The number of anilines is 1. The van der Waals surface area contributed by atoms with E-state index in [4.69, 9.17) is 10.2 Å². The Morgan fingerprint density at radius 2 is 2.19 bits per heavy atom. The van der Waals surface area contributed by atoms with Crippen molar-refractivity contribution in [1.82, 2.24) is 19.3 Å². The van der Waals surface area contributed by atoms with Gasteiger partial charge in [0.25, 0.3) is 0 Å². The molecule has 0 aliphatic heterocycles. The average Bonchev–Trinajstić information content (AvgIpc) is 2.95. The van der Waals surface area contributed by atoms with Gasteiger partial charge in [0.05, 0.1) is 12.1 Å². The van der Waals surface area contributed by atoms with Crippen molar-refractivity contribution in [2.75, 3.05) is 5.73 Å². The van der Waals surface area contributed by atoms with Crippen LogP contribution in [0.15, 0.2) is 33.7 Å². The van der Waals surface area contributed by atoms with Crippen molar-refractivity contribution in [1.29, 1.82) is 0 Å². The molecule has 3 aromatic rings. The van der Waals surface area contributed by atoms with Crippen LogP contribution in [0.3, 0.4) is 0 Å². The van der Waals surface area contributed by atoms with Crippen LogP contribution < -0.4 is 11.5 Å². The molecule has 0 radical (unpaired) electrons. The Bertz CT molecular complexity index is 827. The quantitative estimate of drug-likeness (QED) is 0.734. The van der Waals surface area contributed by atoms with Crippen LogP contribution in [0.1, 0.15) is 19.7 Å². The Morgan fingerprint density at radius 1 is 1.38 bits per heavy atom. The molecule has 0 fully saturated rings. The van der Waals surface area contributed by atoms with E-state index in [0.29, 0.717) is 29.2 Å². The van der Waals surface area contributed by atoms with Crippen molar-refractivity contribution in [2.24, 2.45) is 5.92 Å². The minimum Gasteiger partial charge on any atom is -0.408 e. The first-order chi connectivity index (χ1) is 10.0. The summed E-state index contributed by atoms with van der Waals surface area (Å²) in [7, 11) is 0. The van der Waals surface area contributed by atoms with E-state index in [0.717, 1.165) is 12.4 Å². The molecule has 21 heavy (non-hydrogen) atoms. The SMILES string of the molecule is CC(C)Cn1ncnc1Cn1c(=O)oc2cc(N)ccc21. The maximum atomic E-state index is 12.0. The lowest BCUT2D eigenvalue weighted by Gasteiger charge is -2.08. The van der Waals surface area contributed by atoms with Gasteiger partial charge in [-0.2, -0.15) is 5.10 Å². The van der Waals surface area contributed by atoms with E-state index in [1.165, 1.54) is 10.9 Å². The first-order valence-electron chi connectivity index (χ1n) is 6.80. The molecule has 0 aliphatic rings. The number of nitrogens with two attached hydrogens (primary N) is 1. The monoisotopic (exact) mass is 287 g/mol. The molecule has 3 rings (SSSR count). The fourth-order valence-electron chi connectivity index (χ4n) is 2.28. The van der Waals surface area contributed by atoms with Gasteiger partial charge in [-0.1, -0.05) is 13.8 Å². The highest BCUT2D eigenvalue weighted by atomic mass is 16.4. The molecule has 0 saturated carbocycles. The highest BCUT2D eigenvalue weighted by molar-refractivity contribution is 5.76. The lowest BCUT2D eigenvalue weighted by molar-refractivity contribution is 0.453. The van der Waals surface area contributed by atoms with E-state index in [1.54, 1.807) is 18.2 Å². The number of aromatic nitrogens is 4. The molecule has 0 spiro atoms. The predicted molar refractivity (Wildman–Crippen MR) is 78.8 cm³/mol. The first kappa shape index (κ1) is 13.4. The Morgan fingerprint density at radius 3 is 2.95 bits per heavy atom. The van der Waals surface area contributed by atoms with Crippen molar-refractivity contribution < 1.29 is 4.42 Å². The summed E-state index contributed by atoms with van der Waals surface area (Å²) in [4.78, 5) is 16.2. The van der Waals surface area contributed by atoms with E-state index in [2.05, 4.69) is 23.9 Å². The number of rotatable bonds is 4. The zero-order valence-corrected chi connectivity index (χ0v) is 12.0. The van der Waals surface area contributed by atoms with Gasteiger partial charge in [0.15, 0.2) is 5.58 Å². The van der Waals surface area contributed by atoms with Crippen molar-refractivity contribution in [3.63, 3.8) is 0 Å². The summed E-state index contributed by atoms with van der Waals surface area (Å²) in [5.74, 6) is 0.753. The number of fused-ring (bicyclic) bond motifs is 1. The normalized spacial score (nSPS) is 11.6. The second-order valence-corrected chi connectivity index (χ2v) is 5.43. The molecule has 1 aromatic carbocycles. The van der Waals surface area contributed by atoms with Crippen LogP contribution in [0.5, 0.6) is 0 Å². The van der Waals surface area contributed by atoms with Gasteiger partial charge in [-0.15, -0.1) is 0 Å². The molecule has 0 saturated heterocycles. The summed E-state index contributed by atoms with van der Waals surface area (Å²) in [6, 6.07) is 5.16. The van der Waals surface area contributed by atoms with Gasteiger partial charge in [-0.05, 0) is 18.1 Å².